The first-order valence-corrected chi connectivity index (χ1v) is 8.21. The van der Waals surface area contributed by atoms with Gasteiger partial charge in [0.15, 0.2) is 0 Å². The Balaban J connectivity index is 2.24. The van der Waals surface area contributed by atoms with Crippen molar-refractivity contribution >= 4 is 0 Å². The number of ether oxygens (including phenoxy) is 1. The fourth-order valence-electron chi connectivity index (χ4n) is 3.26. The average molecular weight is 270 g/mol. The van der Waals surface area contributed by atoms with Crippen LogP contribution in [0, 0.1) is 5.92 Å². The van der Waals surface area contributed by atoms with Gasteiger partial charge in [0.05, 0.1) is 13.2 Å². The Labute approximate surface area is 119 Å². The number of rotatable bonds is 10. The van der Waals surface area contributed by atoms with Gasteiger partial charge in [-0.15, -0.1) is 6.61 Å². The molecule has 0 aromatic rings. The minimum absolute atomic E-state index is 0.0186. The van der Waals surface area contributed by atoms with Crippen molar-refractivity contribution in [2.24, 2.45) is 5.92 Å². The van der Waals surface area contributed by atoms with Crippen molar-refractivity contribution in [2.45, 2.75) is 64.8 Å². The lowest BCUT2D eigenvalue weighted by atomic mass is 9.91. The van der Waals surface area contributed by atoms with Crippen LogP contribution < -0.4 is 5.11 Å². The van der Waals surface area contributed by atoms with Crippen LogP contribution >= 0.6 is 0 Å². The van der Waals surface area contributed by atoms with E-state index in [1.165, 1.54) is 44.9 Å². The summed E-state index contributed by atoms with van der Waals surface area (Å²) >= 11 is 0. The summed E-state index contributed by atoms with van der Waals surface area (Å²) in [5, 5.41) is 10.8. The highest BCUT2D eigenvalue weighted by Crippen LogP contribution is 2.22. The van der Waals surface area contributed by atoms with Gasteiger partial charge in [-0.3, -0.25) is 4.90 Å². The van der Waals surface area contributed by atoms with E-state index in [1.54, 1.807) is 0 Å². The molecule has 0 spiro atoms. The fraction of sp³-hybridized carbons (Fsp3) is 1.00. The van der Waals surface area contributed by atoms with Gasteiger partial charge in [0.2, 0.25) is 0 Å². The third kappa shape index (κ3) is 6.73. The Morgan fingerprint density at radius 1 is 1.21 bits per heavy atom. The molecular formula is C16H32NO2-. The van der Waals surface area contributed by atoms with Gasteiger partial charge >= 0.3 is 0 Å². The van der Waals surface area contributed by atoms with E-state index in [2.05, 4.69) is 18.7 Å². The van der Waals surface area contributed by atoms with Crippen molar-refractivity contribution in [2.75, 3.05) is 32.9 Å². The zero-order valence-corrected chi connectivity index (χ0v) is 12.9. The Kier molecular flexibility index (Phi) is 9.48. The molecule has 3 heteroatoms. The minimum atomic E-state index is 0.0186. The molecule has 1 aliphatic heterocycles. The number of morpholine rings is 1. The highest BCUT2D eigenvalue weighted by Gasteiger charge is 2.21. The van der Waals surface area contributed by atoms with Gasteiger partial charge in [-0.2, -0.15) is 0 Å². The first kappa shape index (κ1) is 16.9. The normalized spacial score (nSPS) is 21.2. The third-order valence-electron chi connectivity index (χ3n) is 4.27. The number of nitrogens with zero attached hydrogens (tertiary/aromatic N) is 1. The van der Waals surface area contributed by atoms with Gasteiger partial charge in [0.1, 0.15) is 0 Å². The Hall–Kier alpha value is -0.120. The Bertz CT molecular complexity index is 203. The molecule has 0 radical (unpaired) electrons. The zero-order chi connectivity index (χ0) is 13.9. The van der Waals surface area contributed by atoms with Crippen LogP contribution in [-0.4, -0.2) is 43.9 Å². The fourth-order valence-corrected chi connectivity index (χ4v) is 3.26. The standard InChI is InChI=1S/C16H32NO2/c1-3-6-15(7-4-2)8-5-9-16-14-19-13-11-17(16)10-12-18/h15-16H,3-14H2,1-2H3/q-1. The van der Waals surface area contributed by atoms with E-state index in [4.69, 9.17) is 4.74 Å². The number of hydrogen-bond donors (Lipinski definition) is 0. The van der Waals surface area contributed by atoms with Crippen LogP contribution in [0.4, 0.5) is 0 Å². The maximum atomic E-state index is 10.8. The monoisotopic (exact) mass is 270 g/mol. The van der Waals surface area contributed by atoms with Gasteiger partial charge in [-0.1, -0.05) is 52.4 Å². The van der Waals surface area contributed by atoms with Gasteiger partial charge in [-0.25, -0.2) is 0 Å². The summed E-state index contributed by atoms with van der Waals surface area (Å²) < 4.78 is 5.57. The summed E-state index contributed by atoms with van der Waals surface area (Å²) in [6, 6.07) is 0.492. The molecule has 3 nitrogen and oxygen atoms in total. The molecule has 0 aromatic carbocycles. The van der Waals surface area contributed by atoms with E-state index in [0.29, 0.717) is 12.6 Å². The summed E-state index contributed by atoms with van der Waals surface area (Å²) in [6.45, 7) is 7.85. The molecule has 19 heavy (non-hydrogen) atoms. The predicted octanol–water partition coefficient (Wildman–Crippen LogP) is 2.43. The molecule has 1 rings (SSSR count). The molecular weight excluding hydrogens is 238 g/mol. The van der Waals surface area contributed by atoms with Crippen LogP contribution in [0.15, 0.2) is 0 Å². The van der Waals surface area contributed by atoms with Crippen LogP contribution in [0.3, 0.4) is 0 Å². The number of hydrogen-bond acceptors (Lipinski definition) is 3. The van der Waals surface area contributed by atoms with Crippen molar-refractivity contribution in [3.8, 4) is 0 Å². The van der Waals surface area contributed by atoms with Crippen molar-refractivity contribution in [3.63, 3.8) is 0 Å². The molecule has 0 aromatic heterocycles. The van der Waals surface area contributed by atoms with E-state index >= 15 is 0 Å². The summed E-state index contributed by atoms with van der Waals surface area (Å²) in [4.78, 5) is 2.34. The van der Waals surface area contributed by atoms with Crippen LogP contribution in [0.5, 0.6) is 0 Å². The molecule has 0 aliphatic carbocycles. The predicted molar refractivity (Wildman–Crippen MR) is 78.2 cm³/mol. The van der Waals surface area contributed by atoms with Gasteiger partial charge < -0.3 is 9.84 Å². The van der Waals surface area contributed by atoms with E-state index in [1.807, 2.05) is 0 Å². The largest absolute Gasteiger partial charge is 0.854 e. The maximum Gasteiger partial charge on any atom is 0.0622 e. The molecule has 0 N–H and O–H groups in total. The van der Waals surface area contributed by atoms with Crippen LogP contribution in [0.1, 0.15) is 58.8 Å². The summed E-state index contributed by atoms with van der Waals surface area (Å²) in [7, 11) is 0. The molecule has 1 fully saturated rings. The Morgan fingerprint density at radius 3 is 2.58 bits per heavy atom. The Morgan fingerprint density at radius 2 is 1.95 bits per heavy atom. The molecule has 0 saturated carbocycles. The first-order valence-electron chi connectivity index (χ1n) is 8.21. The average Bonchev–Trinajstić information content (AvgIpc) is 2.41. The highest BCUT2D eigenvalue weighted by atomic mass is 16.5. The van der Waals surface area contributed by atoms with Gasteiger partial charge in [-0.05, 0) is 18.9 Å². The van der Waals surface area contributed by atoms with E-state index in [-0.39, 0.29) is 6.61 Å². The molecule has 0 amide bonds. The van der Waals surface area contributed by atoms with Gasteiger partial charge in [0.25, 0.3) is 0 Å². The maximum absolute atomic E-state index is 10.8. The van der Waals surface area contributed by atoms with E-state index in [0.717, 1.165) is 25.7 Å². The summed E-state index contributed by atoms with van der Waals surface area (Å²) in [6.07, 6.45) is 9.19. The second-order valence-electron chi connectivity index (χ2n) is 5.84. The molecule has 1 unspecified atom stereocenters. The molecule has 1 aliphatic rings. The molecule has 1 atom stereocenters. The highest BCUT2D eigenvalue weighted by molar-refractivity contribution is 4.75. The van der Waals surface area contributed by atoms with E-state index in [9.17, 15) is 5.11 Å². The smallest absolute Gasteiger partial charge is 0.0622 e. The van der Waals surface area contributed by atoms with Crippen molar-refractivity contribution in [1.82, 2.24) is 4.90 Å². The minimum Gasteiger partial charge on any atom is -0.854 e. The lowest BCUT2D eigenvalue weighted by Gasteiger charge is -2.36. The lowest BCUT2D eigenvalue weighted by molar-refractivity contribution is -0.370. The second kappa shape index (κ2) is 10.6. The quantitative estimate of drug-likeness (QED) is 0.611. The second-order valence-corrected chi connectivity index (χ2v) is 5.84. The van der Waals surface area contributed by atoms with Crippen molar-refractivity contribution in [3.05, 3.63) is 0 Å². The van der Waals surface area contributed by atoms with Crippen LogP contribution in [0.25, 0.3) is 0 Å². The van der Waals surface area contributed by atoms with Crippen molar-refractivity contribution in [1.29, 1.82) is 0 Å². The molecule has 1 saturated heterocycles. The topological polar surface area (TPSA) is 35.5 Å². The third-order valence-corrected chi connectivity index (χ3v) is 4.27. The molecule has 0 bridgehead atoms. The van der Waals surface area contributed by atoms with Gasteiger partial charge in [0, 0.05) is 12.6 Å². The lowest BCUT2D eigenvalue weighted by Crippen LogP contribution is -2.47. The van der Waals surface area contributed by atoms with Crippen LogP contribution in [-0.2, 0) is 4.74 Å². The van der Waals surface area contributed by atoms with E-state index < -0.39 is 0 Å². The molecule has 1 heterocycles. The van der Waals surface area contributed by atoms with Crippen LogP contribution in [0.2, 0.25) is 0 Å². The van der Waals surface area contributed by atoms with Crippen molar-refractivity contribution < 1.29 is 9.84 Å². The summed E-state index contributed by atoms with van der Waals surface area (Å²) in [5.74, 6) is 0.910. The molecule has 114 valence electrons. The SMILES string of the molecule is CCCC(CCC)CCCC1COCCN1CC[O-]. The first-order chi connectivity index (χ1) is 9.31. The zero-order valence-electron chi connectivity index (χ0n) is 12.9. The summed E-state index contributed by atoms with van der Waals surface area (Å²) in [5.41, 5.74) is 0.